The van der Waals surface area contributed by atoms with E-state index in [9.17, 15) is 9.59 Å². The highest BCUT2D eigenvalue weighted by molar-refractivity contribution is 5.96. The number of aromatic nitrogens is 2. The van der Waals surface area contributed by atoms with Crippen LogP contribution in [-0.4, -0.2) is 45.4 Å². The van der Waals surface area contributed by atoms with Gasteiger partial charge in [-0.2, -0.15) is 0 Å². The van der Waals surface area contributed by atoms with Gasteiger partial charge in [0.1, 0.15) is 11.7 Å². The van der Waals surface area contributed by atoms with Gasteiger partial charge in [0, 0.05) is 25.8 Å². The second-order valence-corrected chi connectivity index (χ2v) is 5.34. The van der Waals surface area contributed by atoms with Gasteiger partial charge in [0.15, 0.2) is 0 Å². The van der Waals surface area contributed by atoms with Crippen molar-refractivity contribution < 1.29 is 9.59 Å². The number of nitrogens with one attached hydrogen (secondary N) is 1. The zero-order valence-electron chi connectivity index (χ0n) is 11.3. The van der Waals surface area contributed by atoms with Gasteiger partial charge in [0.05, 0.1) is 0 Å². The molecule has 3 rings (SSSR count). The quantitative estimate of drug-likeness (QED) is 0.806. The Hall–Kier alpha value is -2.05. The lowest BCUT2D eigenvalue weighted by atomic mass is 10.0. The molecule has 7 nitrogen and oxygen atoms in total. The zero-order valence-corrected chi connectivity index (χ0v) is 11.3. The molecule has 1 saturated heterocycles. The Labute approximate surface area is 117 Å². The first-order chi connectivity index (χ1) is 9.66. The van der Waals surface area contributed by atoms with Crippen LogP contribution in [0.1, 0.15) is 36.2 Å². The van der Waals surface area contributed by atoms with Crippen molar-refractivity contribution in [3.05, 3.63) is 11.9 Å². The first-order valence-corrected chi connectivity index (χ1v) is 7.08. The van der Waals surface area contributed by atoms with Gasteiger partial charge in [-0.3, -0.25) is 9.59 Å². The summed E-state index contributed by atoms with van der Waals surface area (Å²) < 4.78 is 1.94. The minimum Gasteiger partial charge on any atom is -0.368 e. The van der Waals surface area contributed by atoms with Crippen molar-refractivity contribution in [2.45, 2.75) is 38.3 Å². The number of aryl methyl sites for hydroxylation is 1. The average molecular weight is 277 g/mol. The van der Waals surface area contributed by atoms with E-state index in [2.05, 4.69) is 10.3 Å². The second kappa shape index (κ2) is 5.15. The molecule has 108 valence electrons. The first-order valence-electron chi connectivity index (χ1n) is 7.08. The van der Waals surface area contributed by atoms with Crippen LogP contribution in [0.3, 0.4) is 0 Å². The molecule has 2 aliphatic heterocycles. The summed E-state index contributed by atoms with van der Waals surface area (Å²) in [4.78, 5) is 29.9. The topological polar surface area (TPSA) is 93.3 Å². The summed E-state index contributed by atoms with van der Waals surface area (Å²) in [5.74, 6) is 0.101. The van der Waals surface area contributed by atoms with Crippen molar-refractivity contribution >= 4 is 17.8 Å². The summed E-state index contributed by atoms with van der Waals surface area (Å²) in [6, 6.07) is -0.497. The van der Waals surface area contributed by atoms with E-state index in [-0.39, 0.29) is 5.91 Å². The lowest BCUT2D eigenvalue weighted by Gasteiger charge is -2.33. The Bertz CT molecular complexity index is 515. The fraction of sp³-hybridized carbons (Fsp3) is 0.615. The molecular formula is C13H19N5O2. The molecule has 0 saturated carbocycles. The van der Waals surface area contributed by atoms with Gasteiger partial charge in [-0.25, -0.2) is 4.98 Å². The standard InChI is InChI=1S/C13H19N5O2/c14-11(19)10-4-1-2-7-18(10)12(20)9-8-17-6-3-5-15-13(17)16-9/h8,10H,1-7H2,(H2,14,19)(H,15,16). The number of carbonyl (C=O) groups excluding carboxylic acids is 2. The summed E-state index contributed by atoms with van der Waals surface area (Å²) >= 11 is 0. The van der Waals surface area contributed by atoms with Crippen molar-refractivity contribution in [1.82, 2.24) is 14.5 Å². The summed E-state index contributed by atoms with van der Waals surface area (Å²) in [6.07, 6.45) is 5.26. The summed E-state index contributed by atoms with van der Waals surface area (Å²) in [7, 11) is 0. The number of rotatable bonds is 2. The largest absolute Gasteiger partial charge is 0.368 e. The monoisotopic (exact) mass is 277 g/mol. The number of hydrogen-bond donors (Lipinski definition) is 2. The third kappa shape index (κ3) is 2.23. The molecule has 2 amide bonds. The van der Waals surface area contributed by atoms with Gasteiger partial charge >= 0.3 is 0 Å². The molecule has 3 heterocycles. The normalized spacial score (nSPS) is 22.0. The van der Waals surface area contributed by atoms with Crippen LogP contribution in [0.4, 0.5) is 5.95 Å². The molecule has 0 radical (unpaired) electrons. The zero-order chi connectivity index (χ0) is 14.1. The number of primary amides is 1. The summed E-state index contributed by atoms with van der Waals surface area (Å²) in [6.45, 7) is 2.31. The molecule has 2 aliphatic rings. The van der Waals surface area contributed by atoms with E-state index >= 15 is 0 Å². The number of anilines is 1. The average Bonchev–Trinajstić information content (AvgIpc) is 2.90. The highest BCUT2D eigenvalue weighted by Crippen LogP contribution is 2.21. The molecule has 3 N–H and O–H groups in total. The Morgan fingerprint density at radius 1 is 1.30 bits per heavy atom. The molecule has 7 heteroatoms. The summed E-state index contributed by atoms with van der Waals surface area (Å²) in [5.41, 5.74) is 5.79. The number of nitrogens with two attached hydrogens (primary N) is 1. The molecule has 1 aromatic rings. The molecule has 0 spiro atoms. The molecule has 20 heavy (non-hydrogen) atoms. The Balaban J connectivity index is 1.83. The number of amides is 2. The van der Waals surface area contributed by atoms with Gasteiger partial charge < -0.3 is 20.5 Å². The van der Waals surface area contributed by atoms with Gasteiger partial charge in [0.2, 0.25) is 11.9 Å². The number of imidazole rings is 1. The Kier molecular flexibility index (Phi) is 3.33. The lowest BCUT2D eigenvalue weighted by molar-refractivity contribution is -0.123. The number of hydrogen-bond acceptors (Lipinski definition) is 4. The van der Waals surface area contributed by atoms with Crippen molar-refractivity contribution in [3.63, 3.8) is 0 Å². The molecule has 0 bridgehead atoms. The minimum absolute atomic E-state index is 0.197. The van der Waals surface area contributed by atoms with Crippen LogP contribution >= 0.6 is 0 Å². The van der Waals surface area contributed by atoms with Gasteiger partial charge in [-0.05, 0) is 25.7 Å². The molecule has 1 aromatic heterocycles. The van der Waals surface area contributed by atoms with Crippen LogP contribution in [-0.2, 0) is 11.3 Å². The number of carbonyl (C=O) groups is 2. The van der Waals surface area contributed by atoms with Gasteiger partial charge in [-0.1, -0.05) is 0 Å². The SMILES string of the molecule is NC(=O)C1CCCCN1C(=O)c1cn2c(n1)NCCC2. The van der Waals surface area contributed by atoms with Crippen molar-refractivity contribution in [1.29, 1.82) is 0 Å². The molecule has 0 aliphatic carbocycles. The number of nitrogens with zero attached hydrogens (tertiary/aromatic N) is 3. The van der Waals surface area contributed by atoms with Crippen LogP contribution in [0, 0.1) is 0 Å². The van der Waals surface area contributed by atoms with Crippen LogP contribution in [0.5, 0.6) is 0 Å². The maximum atomic E-state index is 12.5. The predicted molar refractivity (Wildman–Crippen MR) is 73.2 cm³/mol. The molecule has 1 fully saturated rings. The smallest absolute Gasteiger partial charge is 0.274 e. The third-order valence-corrected chi connectivity index (χ3v) is 3.95. The van der Waals surface area contributed by atoms with Crippen LogP contribution in [0.2, 0.25) is 0 Å². The van der Waals surface area contributed by atoms with Crippen molar-refractivity contribution in [2.24, 2.45) is 5.73 Å². The number of likely N-dealkylation sites (tertiary alicyclic amines) is 1. The highest BCUT2D eigenvalue weighted by atomic mass is 16.2. The lowest BCUT2D eigenvalue weighted by Crippen LogP contribution is -2.50. The minimum atomic E-state index is -0.497. The van der Waals surface area contributed by atoms with E-state index in [0.29, 0.717) is 18.7 Å². The maximum absolute atomic E-state index is 12.5. The third-order valence-electron chi connectivity index (χ3n) is 3.95. The van der Waals surface area contributed by atoms with Crippen LogP contribution in [0.15, 0.2) is 6.20 Å². The Morgan fingerprint density at radius 2 is 2.15 bits per heavy atom. The van der Waals surface area contributed by atoms with Crippen molar-refractivity contribution in [3.8, 4) is 0 Å². The molecule has 1 atom stereocenters. The van der Waals surface area contributed by atoms with E-state index in [1.807, 2.05) is 4.57 Å². The van der Waals surface area contributed by atoms with E-state index in [4.69, 9.17) is 5.73 Å². The highest BCUT2D eigenvalue weighted by Gasteiger charge is 2.32. The van der Waals surface area contributed by atoms with Crippen LogP contribution in [0.25, 0.3) is 0 Å². The summed E-state index contributed by atoms with van der Waals surface area (Å²) in [5, 5.41) is 3.16. The van der Waals surface area contributed by atoms with E-state index in [1.165, 1.54) is 0 Å². The van der Waals surface area contributed by atoms with E-state index < -0.39 is 11.9 Å². The fourth-order valence-electron chi connectivity index (χ4n) is 2.90. The maximum Gasteiger partial charge on any atom is 0.274 e. The first kappa shape index (κ1) is 13.0. The molecular weight excluding hydrogens is 258 g/mol. The predicted octanol–water partition coefficient (Wildman–Crippen LogP) is 0.179. The molecule has 1 unspecified atom stereocenters. The second-order valence-electron chi connectivity index (χ2n) is 5.34. The van der Waals surface area contributed by atoms with Crippen LogP contribution < -0.4 is 11.1 Å². The number of fused-ring (bicyclic) bond motifs is 1. The Morgan fingerprint density at radius 3 is 2.90 bits per heavy atom. The molecule has 0 aromatic carbocycles. The van der Waals surface area contributed by atoms with Crippen molar-refractivity contribution in [2.75, 3.05) is 18.4 Å². The number of piperidine rings is 1. The van der Waals surface area contributed by atoms with E-state index in [1.54, 1.807) is 11.1 Å². The fourth-order valence-corrected chi connectivity index (χ4v) is 2.90. The van der Waals surface area contributed by atoms with Gasteiger partial charge in [0.25, 0.3) is 5.91 Å². The van der Waals surface area contributed by atoms with E-state index in [0.717, 1.165) is 38.3 Å². The van der Waals surface area contributed by atoms with Gasteiger partial charge in [-0.15, -0.1) is 0 Å².